The molecule has 2 nitrogen and oxygen atoms in total. The van der Waals surface area contributed by atoms with Gasteiger partial charge in [-0.25, -0.2) is 4.39 Å². The summed E-state index contributed by atoms with van der Waals surface area (Å²) in [5, 5.41) is 6.67. The normalized spacial score (nSPS) is 10.2. The number of anilines is 2. The maximum absolute atomic E-state index is 13.0. The smallest absolute Gasteiger partial charge is 0.175 e. The Hall–Kier alpha value is -1.59. The monoisotopic (exact) mass is 306 g/mol. The minimum atomic E-state index is -0.250. The van der Waals surface area contributed by atoms with Crippen molar-refractivity contribution in [3.8, 4) is 0 Å². The average Bonchev–Trinajstić information content (AvgIpc) is 2.42. The molecule has 0 aliphatic heterocycles. The topological polar surface area (TPSA) is 24.1 Å². The van der Waals surface area contributed by atoms with Crippen LogP contribution in [-0.4, -0.2) is 11.4 Å². The Balaban J connectivity index is 2.05. The predicted octanol–water partition coefficient (Wildman–Crippen LogP) is 4.66. The molecule has 0 saturated carbocycles. The van der Waals surface area contributed by atoms with Gasteiger partial charge in [0, 0.05) is 16.3 Å². The van der Waals surface area contributed by atoms with Crippen molar-refractivity contribution >= 4 is 40.5 Å². The molecule has 2 rings (SSSR count). The lowest BCUT2D eigenvalue weighted by Crippen LogP contribution is -2.19. The Morgan fingerprint density at radius 2 is 1.95 bits per heavy atom. The number of hydrogen-bond donors (Lipinski definition) is 2. The van der Waals surface area contributed by atoms with Crippen LogP contribution in [-0.2, 0) is 0 Å². The standard InChI is InChI=1S/C15H15FN2S2/c1-10-8-11(16)6-7-14(10)18-15(19)17-12-4-3-5-13(9-12)20-2/h3-9H,1-2H3,(H2,17,18,19). The van der Waals surface area contributed by atoms with Gasteiger partial charge in [-0.15, -0.1) is 11.8 Å². The molecule has 2 aromatic carbocycles. The van der Waals surface area contributed by atoms with E-state index in [0.717, 1.165) is 21.8 Å². The first-order chi connectivity index (χ1) is 9.58. The van der Waals surface area contributed by atoms with Crippen LogP contribution in [0.4, 0.5) is 15.8 Å². The van der Waals surface area contributed by atoms with Gasteiger partial charge in [0.2, 0.25) is 0 Å². The van der Waals surface area contributed by atoms with Crippen molar-refractivity contribution in [2.45, 2.75) is 11.8 Å². The number of hydrogen-bond acceptors (Lipinski definition) is 2. The van der Waals surface area contributed by atoms with E-state index in [9.17, 15) is 4.39 Å². The van der Waals surface area contributed by atoms with Gasteiger partial charge < -0.3 is 10.6 Å². The van der Waals surface area contributed by atoms with Crippen molar-refractivity contribution in [1.82, 2.24) is 0 Å². The fourth-order valence-corrected chi connectivity index (χ4v) is 2.44. The summed E-state index contributed by atoms with van der Waals surface area (Å²) in [6, 6.07) is 12.5. The van der Waals surface area contributed by atoms with Crippen LogP contribution < -0.4 is 10.6 Å². The van der Waals surface area contributed by atoms with Gasteiger partial charge in [0.15, 0.2) is 5.11 Å². The number of benzene rings is 2. The van der Waals surface area contributed by atoms with E-state index in [1.54, 1.807) is 17.8 Å². The Morgan fingerprint density at radius 3 is 2.65 bits per heavy atom. The summed E-state index contributed by atoms with van der Waals surface area (Å²) < 4.78 is 13.0. The zero-order valence-electron chi connectivity index (χ0n) is 11.2. The highest BCUT2D eigenvalue weighted by atomic mass is 32.2. The number of thioether (sulfide) groups is 1. The van der Waals surface area contributed by atoms with Gasteiger partial charge in [-0.05, 0) is 67.4 Å². The largest absolute Gasteiger partial charge is 0.332 e. The lowest BCUT2D eigenvalue weighted by Gasteiger charge is -2.13. The fourth-order valence-electron chi connectivity index (χ4n) is 1.75. The van der Waals surface area contributed by atoms with E-state index in [4.69, 9.17) is 12.2 Å². The van der Waals surface area contributed by atoms with E-state index in [2.05, 4.69) is 10.6 Å². The van der Waals surface area contributed by atoms with E-state index in [1.165, 1.54) is 12.1 Å². The number of aryl methyl sites for hydroxylation is 1. The summed E-state index contributed by atoms with van der Waals surface area (Å²) in [5.74, 6) is -0.250. The maximum atomic E-state index is 13.0. The molecule has 0 saturated heterocycles. The molecule has 0 heterocycles. The van der Waals surface area contributed by atoms with Crippen LogP contribution in [0.25, 0.3) is 0 Å². The number of halogens is 1. The van der Waals surface area contributed by atoms with Crippen LogP contribution in [0.1, 0.15) is 5.56 Å². The van der Waals surface area contributed by atoms with Crippen molar-refractivity contribution in [2.24, 2.45) is 0 Å². The predicted molar refractivity (Wildman–Crippen MR) is 89.2 cm³/mol. The second-order valence-electron chi connectivity index (χ2n) is 4.27. The third kappa shape index (κ3) is 3.95. The van der Waals surface area contributed by atoms with E-state index < -0.39 is 0 Å². The first kappa shape index (κ1) is 14.8. The highest BCUT2D eigenvalue weighted by Gasteiger charge is 2.03. The Bertz CT molecular complexity index is 629. The summed E-state index contributed by atoms with van der Waals surface area (Å²) in [7, 11) is 0. The first-order valence-electron chi connectivity index (χ1n) is 6.06. The van der Waals surface area contributed by atoms with Crippen molar-refractivity contribution in [2.75, 3.05) is 16.9 Å². The second-order valence-corrected chi connectivity index (χ2v) is 5.56. The van der Waals surface area contributed by atoms with Gasteiger partial charge in [0.25, 0.3) is 0 Å². The fraction of sp³-hybridized carbons (Fsp3) is 0.133. The van der Waals surface area contributed by atoms with Crippen LogP contribution in [0.15, 0.2) is 47.4 Å². The molecule has 0 aliphatic rings. The minimum absolute atomic E-state index is 0.250. The van der Waals surface area contributed by atoms with Crippen LogP contribution in [0.5, 0.6) is 0 Å². The SMILES string of the molecule is CSc1cccc(NC(=S)Nc2ccc(F)cc2C)c1. The van der Waals surface area contributed by atoms with Gasteiger partial charge in [0.05, 0.1) is 0 Å². The number of nitrogens with one attached hydrogen (secondary N) is 2. The van der Waals surface area contributed by atoms with Crippen molar-refractivity contribution in [3.63, 3.8) is 0 Å². The zero-order chi connectivity index (χ0) is 14.5. The molecular formula is C15H15FN2S2. The third-order valence-electron chi connectivity index (χ3n) is 2.76. The summed E-state index contributed by atoms with van der Waals surface area (Å²) >= 11 is 6.94. The Morgan fingerprint density at radius 1 is 1.15 bits per heavy atom. The Kier molecular flexibility index (Phi) is 4.98. The molecule has 5 heteroatoms. The summed E-state index contributed by atoms with van der Waals surface area (Å²) in [4.78, 5) is 1.16. The van der Waals surface area contributed by atoms with Crippen LogP contribution in [0.3, 0.4) is 0 Å². The zero-order valence-corrected chi connectivity index (χ0v) is 12.9. The second kappa shape index (κ2) is 6.72. The van der Waals surface area contributed by atoms with Gasteiger partial charge in [0.1, 0.15) is 5.82 Å². The molecule has 104 valence electrons. The molecule has 2 N–H and O–H groups in total. The average molecular weight is 306 g/mol. The van der Waals surface area contributed by atoms with Gasteiger partial charge in [-0.3, -0.25) is 0 Å². The highest BCUT2D eigenvalue weighted by Crippen LogP contribution is 2.20. The molecular weight excluding hydrogens is 291 g/mol. The molecule has 0 atom stereocenters. The summed E-state index contributed by atoms with van der Waals surface area (Å²) in [6.45, 7) is 1.84. The first-order valence-corrected chi connectivity index (χ1v) is 7.70. The highest BCUT2D eigenvalue weighted by molar-refractivity contribution is 7.98. The van der Waals surface area contributed by atoms with Crippen LogP contribution in [0, 0.1) is 12.7 Å². The minimum Gasteiger partial charge on any atom is -0.332 e. The molecule has 0 amide bonds. The van der Waals surface area contributed by atoms with Crippen molar-refractivity contribution in [1.29, 1.82) is 0 Å². The van der Waals surface area contributed by atoms with Gasteiger partial charge >= 0.3 is 0 Å². The van der Waals surface area contributed by atoms with Crippen LogP contribution in [0.2, 0.25) is 0 Å². The van der Waals surface area contributed by atoms with Gasteiger partial charge in [-0.1, -0.05) is 6.07 Å². The quantitative estimate of drug-likeness (QED) is 0.636. The molecule has 0 bridgehead atoms. The van der Waals surface area contributed by atoms with E-state index in [1.807, 2.05) is 37.4 Å². The van der Waals surface area contributed by atoms with E-state index in [-0.39, 0.29) is 5.82 Å². The molecule has 0 aliphatic carbocycles. The van der Waals surface area contributed by atoms with Crippen LogP contribution >= 0.6 is 24.0 Å². The number of rotatable bonds is 3. The van der Waals surface area contributed by atoms with Gasteiger partial charge in [-0.2, -0.15) is 0 Å². The lowest BCUT2D eigenvalue weighted by molar-refractivity contribution is 0.627. The molecule has 0 aromatic heterocycles. The van der Waals surface area contributed by atoms with Crippen molar-refractivity contribution in [3.05, 3.63) is 53.8 Å². The number of thiocarbonyl (C=S) groups is 1. The molecule has 2 aromatic rings. The lowest BCUT2D eigenvalue weighted by atomic mass is 10.2. The molecule has 20 heavy (non-hydrogen) atoms. The van der Waals surface area contributed by atoms with E-state index >= 15 is 0 Å². The summed E-state index contributed by atoms with van der Waals surface area (Å²) in [6.07, 6.45) is 2.03. The molecule has 0 unspecified atom stereocenters. The third-order valence-corrected chi connectivity index (χ3v) is 3.69. The molecule has 0 spiro atoms. The Labute approximate surface area is 127 Å². The molecule has 0 radical (unpaired) electrons. The summed E-state index contributed by atoms with van der Waals surface area (Å²) in [5.41, 5.74) is 2.53. The molecule has 0 fully saturated rings. The maximum Gasteiger partial charge on any atom is 0.175 e. The van der Waals surface area contributed by atoms with E-state index in [0.29, 0.717) is 5.11 Å². The van der Waals surface area contributed by atoms with Crippen molar-refractivity contribution < 1.29 is 4.39 Å².